The van der Waals surface area contributed by atoms with Crippen LogP contribution in [-0.4, -0.2) is 23.0 Å². The minimum atomic E-state index is -0.605. The van der Waals surface area contributed by atoms with E-state index < -0.39 is 17.4 Å². The van der Waals surface area contributed by atoms with Crippen LogP contribution >= 0.6 is 0 Å². The molecule has 0 saturated heterocycles. The highest BCUT2D eigenvalue weighted by molar-refractivity contribution is 6.23. The van der Waals surface area contributed by atoms with Crippen molar-refractivity contribution in [3.63, 3.8) is 0 Å². The molecule has 1 aliphatic rings. The van der Waals surface area contributed by atoms with Crippen LogP contribution in [0, 0.1) is 0 Å². The molecule has 0 aliphatic carbocycles. The first kappa shape index (κ1) is 16.8. The molecule has 25 heavy (non-hydrogen) atoms. The SMILES string of the molecule is CCCCCOc1ccc(-n2c(N)c3c(cc2=O)C(=O)NC3=O)cc1. The van der Waals surface area contributed by atoms with Gasteiger partial charge in [-0.1, -0.05) is 19.8 Å². The third kappa shape index (κ3) is 3.13. The molecule has 2 aromatic rings. The Morgan fingerprint density at radius 2 is 1.80 bits per heavy atom. The van der Waals surface area contributed by atoms with E-state index in [0.29, 0.717) is 18.0 Å². The molecular formula is C18H19N3O4. The summed E-state index contributed by atoms with van der Waals surface area (Å²) >= 11 is 0. The summed E-state index contributed by atoms with van der Waals surface area (Å²) in [5.74, 6) is -0.558. The molecule has 1 aromatic heterocycles. The van der Waals surface area contributed by atoms with Crippen molar-refractivity contribution in [1.29, 1.82) is 0 Å². The van der Waals surface area contributed by atoms with Crippen LogP contribution in [0.2, 0.25) is 0 Å². The Kier molecular flexibility index (Phi) is 4.56. The minimum Gasteiger partial charge on any atom is -0.494 e. The van der Waals surface area contributed by atoms with E-state index in [1.165, 1.54) is 4.57 Å². The number of ether oxygens (including phenoxy) is 1. The topological polar surface area (TPSA) is 103 Å². The van der Waals surface area contributed by atoms with Gasteiger partial charge in [-0.05, 0) is 30.7 Å². The summed E-state index contributed by atoms with van der Waals surface area (Å²) in [5, 5.41) is 2.14. The smallest absolute Gasteiger partial charge is 0.262 e. The number of nitrogens with zero attached hydrogens (tertiary/aromatic N) is 1. The highest BCUT2D eigenvalue weighted by Gasteiger charge is 2.31. The Morgan fingerprint density at radius 1 is 1.08 bits per heavy atom. The average Bonchev–Trinajstić information content (AvgIpc) is 2.87. The van der Waals surface area contributed by atoms with Crippen molar-refractivity contribution in [1.82, 2.24) is 9.88 Å². The van der Waals surface area contributed by atoms with Gasteiger partial charge in [-0.2, -0.15) is 0 Å². The number of nitrogens with one attached hydrogen (secondary N) is 1. The number of hydrogen-bond donors (Lipinski definition) is 2. The first-order valence-electron chi connectivity index (χ1n) is 8.17. The molecule has 0 saturated carbocycles. The Labute approximate surface area is 144 Å². The molecule has 3 N–H and O–H groups in total. The molecule has 1 aliphatic heterocycles. The molecule has 0 bridgehead atoms. The van der Waals surface area contributed by atoms with Crippen LogP contribution in [0.1, 0.15) is 46.9 Å². The minimum absolute atomic E-state index is 0.0135. The highest BCUT2D eigenvalue weighted by atomic mass is 16.5. The summed E-state index contributed by atoms with van der Waals surface area (Å²) in [5.41, 5.74) is 6.06. The summed E-state index contributed by atoms with van der Waals surface area (Å²) < 4.78 is 6.84. The molecule has 1 aromatic carbocycles. The van der Waals surface area contributed by atoms with Gasteiger partial charge in [0.2, 0.25) is 0 Å². The maximum absolute atomic E-state index is 12.3. The number of carbonyl (C=O) groups is 2. The fourth-order valence-electron chi connectivity index (χ4n) is 2.78. The van der Waals surface area contributed by atoms with Crippen LogP contribution in [0.3, 0.4) is 0 Å². The summed E-state index contributed by atoms with van der Waals surface area (Å²) in [7, 11) is 0. The first-order valence-corrected chi connectivity index (χ1v) is 8.17. The van der Waals surface area contributed by atoms with Crippen LogP contribution in [-0.2, 0) is 0 Å². The van der Waals surface area contributed by atoms with Gasteiger partial charge < -0.3 is 10.5 Å². The highest BCUT2D eigenvalue weighted by Crippen LogP contribution is 2.23. The van der Waals surface area contributed by atoms with Crippen LogP contribution < -0.4 is 21.3 Å². The van der Waals surface area contributed by atoms with Crippen LogP contribution in [0.15, 0.2) is 35.1 Å². The number of nitrogen functional groups attached to an aromatic ring is 1. The number of fused-ring (bicyclic) bond motifs is 1. The first-order chi connectivity index (χ1) is 12.0. The van der Waals surface area contributed by atoms with Crippen LogP contribution in [0.5, 0.6) is 5.75 Å². The summed E-state index contributed by atoms with van der Waals surface area (Å²) in [6.07, 6.45) is 3.22. The fourth-order valence-corrected chi connectivity index (χ4v) is 2.78. The van der Waals surface area contributed by atoms with E-state index >= 15 is 0 Å². The van der Waals surface area contributed by atoms with Gasteiger partial charge in [0, 0.05) is 6.07 Å². The number of nitrogens with two attached hydrogens (primary N) is 1. The number of unbranched alkanes of at least 4 members (excludes halogenated alkanes) is 2. The van der Waals surface area contributed by atoms with E-state index in [1.807, 2.05) is 0 Å². The van der Waals surface area contributed by atoms with Crippen molar-refractivity contribution in [2.45, 2.75) is 26.2 Å². The molecule has 0 atom stereocenters. The second-order valence-electron chi connectivity index (χ2n) is 5.82. The van der Waals surface area contributed by atoms with E-state index in [0.717, 1.165) is 25.3 Å². The van der Waals surface area contributed by atoms with Gasteiger partial charge in [-0.25, -0.2) is 0 Å². The molecule has 7 nitrogen and oxygen atoms in total. The van der Waals surface area contributed by atoms with Crippen molar-refractivity contribution in [2.24, 2.45) is 0 Å². The number of amides is 2. The average molecular weight is 341 g/mol. The Hall–Kier alpha value is -3.09. The second-order valence-corrected chi connectivity index (χ2v) is 5.82. The summed E-state index contributed by atoms with van der Waals surface area (Å²) in [6, 6.07) is 7.99. The third-order valence-corrected chi connectivity index (χ3v) is 4.06. The van der Waals surface area contributed by atoms with E-state index in [2.05, 4.69) is 12.2 Å². The number of pyridine rings is 1. The normalized spacial score (nSPS) is 12.8. The van der Waals surface area contributed by atoms with E-state index in [9.17, 15) is 14.4 Å². The molecule has 130 valence electrons. The third-order valence-electron chi connectivity index (χ3n) is 4.06. The summed E-state index contributed by atoms with van der Waals surface area (Å²) in [6.45, 7) is 2.76. The number of benzene rings is 1. The van der Waals surface area contributed by atoms with Crippen molar-refractivity contribution in [2.75, 3.05) is 12.3 Å². The van der Waals surface area contributed by atoms with Crippen molar-refractivity contribution in [3.05, 3.63) is 51.8 Å². The lowest BCUT2D eigenvalue weighted by Crippen LogP contribution is -2.24. The zero-order chi connectivity index (χ0) is 18.0. The van der Waals surface area contributed by atoms with Gasteiger partial charge in [-0.3, -0.25) is 24.3 Å². The van der Waals surface area contributed by atoms with Gasteiger partial charge >= 0.3 is 0 Å². The van der Waals surface area contributed by atoms with Crippen molar-refractivity contribution >= 4 is 17.6 Å². The Balaban J connectivity index is 1.90. The maximum atomic E-state index is 12.3. The zero-order valence-electron chi connectivity index (χ0n) is 13.9. The number of rotatable bonds is 6. The summed E-state index contributed by atoms with van der Waals surface area (Å²) in [4.78, 5) is 35.9. The molecule has 0 fully saturated rings. The Bertz CT molecular complexity index is 884. The van der Waals surface area contributed by atoms with Crippen LogP contribution in [0.25, 0.3) is 5.69 Å². The lowest BCUT2D eigenvalue weighted by atomic mass is 10.1. The standard InChI is InChI=1S/C18H19N3O4/c1-2-3-4-9-25-12-7-5-11(6-8-12)21-14(22)10-13-15(16(21)19)18(24)20-17(13)23/h5-8,10H,2-4,9,19H2,1H3,(H,20,23,24). The van der Waals surface area contributed by atoms with E-state index in [4.69, 9.17) is 10.5 Å². The van der Waals surface area contributed by atoms with E-state index in [1.54, 1.807) is 24.3 Å². The van der Waals surface area contributed by atoms with Gasteiger partial charge in [0.25, 0.3) is 17.4 Å². The fraction of sp³-hybridized carbons (Fsp3) is 0.278. The molecule has 3 rings (SSSR count). The molecule has 2 heterocycles. The number of hydrogen-bond acceptors (Lipinski definition) is 5. The zero-order valence-corrected chi connectivity index (χ0v) is 13.9. The van der Waals surface area contributed by atoms with Gasteiger partial charge in [0.05, 0.1) is 23.4 Å². The largest absolute Gasteiger partial charge is 0.494 e. The maximum Gasteiger partial charge on any atom is 0.262 e. The monoisotopic (exact) mass is 341 g/mol. The number of anilines is 1. The van der Waals surface area contributed by atoms with Gasteiger partial charge in [0.15, 0.2) is 0 Å². The molecule has 0 radical (unpaired) electrons. The quantitative estimate of drug-likeness (QED) is 0.617. The number of imide groups is 1. The molecule has 0 spiro atoms. The van der Waals surface area contributed by atoms with E-state index in [-0.39, 0.29) is 16.9 Å². The number of aromatic nitrogens is 1. The molecule has 0 unspecified atom stereocenters. The van der Waals surface area contributed by atoms with Crippen molar-refractivity contribution < 1.29 is 14.3 Å². The van der Waals surface area contributed by atoms with Gasteiger partial charge in [0.1, 0.15) is 11.6 Å². The van der Waals surface area contributed by atoms with Crippen LogP contribution in [0.4, 0.5) is 5.82 Å². The van der Waals surface area contributed by atoms with Crippen molar-refractivity contribution in [3.8, 4) is 11.4 Å². The lowest BCUT2D eigenvalue weighted by Gasteiger charge is -2.12. The number of carbonyl (C=O) groups excluding carboxylic acids is 2. The lowest BCUT2D eigenvalue weighted by molar-refractivity contribution is 0.0880. The predicted octanol–water partition coefficient (Wildman–Crippen LogP) is 1.87. The Morgan fingerprint density at radius 3 is 2.48 bits per heavy atom. The molecular weight excluding hydrogens is 322 g/mol. The molecule has 2 amide bonds. The predicted molar refractivity (Wildman–Crippen MR) is 93.3 cm³/mol. The molecule has 7 heteroatoms. The van der Waals surface area contributed by atoms with Gasteiger partial charge in [-0.15, -0.1) is 0 Å². The second kappa shape index (κ2) is 6.80.